The monoisotopic (exact) mass is 279 g/mol. The summed E-state index contributed by atoms with van der Waals surface area (Å²) in [6, 6.07) is 0.351. The molecule has 1 fully saturated rings. The number of carbonyl (C=O) groups is 1. The normalized spacial score (nSPS) is 19.0. The summed E-state index contributed by atoms with van der Waals surface area (Å²) in [6.45, 7) is 6.65. The summed E-state index contributed by atoms with van der Waals surface area (Å²) in [7, 11) is 1.36. The van der Waals surface area contributed by atoms with Crippen LogP contribution in [0.3, 0.4) is 0 Å². The number of hydrogen-bond donors (Lipinski definition) is 1. The molecule has 0 saturated heterocycles. The molecule has 1 aromatic rings. The molecule has 2 N–H and O–H groups in total. The van der Waals surface area contributed by atoms with Gasteiger partial charge in [-0.3, -0.25) is 0 Å². The number of nitrogens with zero attached hydrogens (tertiary/aromatic N) is 2. The van der Waals surface area contributed by atoms with Crippen LogP contribution in [-0.4, -0.2) is 22.6 Å². The molecule has 112 valence electrons. The SMILES string of the molecule is CCc1nc(C(=O)OC)c(N)n1C1CCC(C)(C)CC1. The molecule has 0 amide bonds. The van der Waals surface area contributed by atoms with Crippen LogP contribution < -0.4 is 5.73 Å². The summed E-state index contributed by atoms with van der Waals surface area (Å²) in [6.07, 6.45) is 5.28. The average molecular weight is 279 g/mol. The van der Waals surface area contributed by atoms with Crippen molar-refractivity contribution in [3.8, 4) is 0 Å². The first kappa shape index (κ1) is 14.9. The molecule has 1 saturated carbocycles. The lowest BCUT2D eigenvalue weighted by atomic mass is 9.75. The molecule has 0 aliphatic heterocycles. The first-order valence-electron chi connectivity index (χ1n) is 7.34. The number of nitrogens with two attached hydrogens (primary N) is 1. The van der Waals surface area contributed by atoms with Crippen molar-refractivity contribution in [2.75, 3.05) is 12.8 Å². The van der Waals surface area contributed by atoms with Crippen LogP contribution in [0, 0.1) is 5.41 Å². The van der Waals surface area contributed by atoms with Crippen molar-refractivity contribution < 1.29 is 9.53 Å². The van der Waals surface area contributed by atoms with Gasteiger partial charge in [0.2, 0.25) is 0 Å². The Kier molecular flexibility index (Phi) is 4.06. The number of ether oxygens (including phenoxy) is 1. The first-order chi connectivity index (χ1) is 9.39. The maximum Gasteiger partial charge on any atom is 0.360 e. The number of imidazole rings is 1. The van der Waals surface area contributed by atoms with Gasteiger partial charge < -0.3 is 15.0 Å². The standard InChI is InChI=1S/C15H25N3O2/c1-5-11-17-12(14(19)20-4)13(16)18(11)10-6-8-15(2,3)9-7-10/h10H,5-9,16H2,1-4H3. The second kappa shape index (κ2) is 5.46. The fourth-order valence-electron chi connectivity index (χ4n) is 3.04. The Morgan fingerprint density at radius 1 is 1.45 bits per heavy atom. The van der Waals surface area contributed by atoms with Crippen LogP contribution in [0.4, 0.5) is 5.82 Å². The second-order valence-corrected chi connectivity index (χ2v) is 6.37. The van der Waals surface area contributed by atoms with Gasteiger partial charge in [-0.15, -0.1) is 0 Å². The second-order valence-electron chi connectivity index (χ2n) is 6.37. The van der Waals surface area contributed by atoms with Gasteiger partial charge >= 0.3 is 5.97 Å². The Morgan fingerprint density at radius 2 is 2.05 bits per heavy atom. The van der Waals surface area contributed by atoms with Crippen molar-refractivity contribution in [3.63, 3.8) is 0 Å². The third kappa shape index (κ3) is 2.67. The van der Waals surface area contributed by atoms with E-state index in [1.165, 1.54) is 20.0 Å². The summed E-state index contributed by atoms with van der Waals surface area (Å²) in [5, 5.41) is 0. The highest BCUT2D eigenvalue weighted by molar-refractivity contribution is 5.92. The quantitative estimate of drug-likeness (QED) is 0.864. The van der Waals surface area contributed by atoms with E-state index in [0.29, 0.717) is 17.3 Å². The van der Waals surface area contributed by atoms with Crippen LogP contribution in [0.2, 0.25) is 0 Å². The van der Waals surface area contributed by atoms with Gasteiger partial charge in [0.25, 0.3) is 0 Å². The molecule has 5 nitrogen and oxygen atoms in total. The van der Waals surface area contributed by atoms with Crippen molar-refractivity contribution in [2.24, 2.45) is 5.41 Å². The largest absolute Gasteiger partial charge is 0.464 e. The topological polar surface area (TPSA) is 70.1 Å². The third-order valence-corrected chi connectivity index (χ3v) is 4.39. The van der Waals surface area contributed by atoms with Crippen LogP contribution in [0.25, 0.3) is 0 Å². The predicted octanol–water partition coefficient (Wildman–Crippen LogP) is 2.96. The highest BCUT2D eigenvalue weighted by Gasteiger charge is 2.31. The van der Waals surface area contributed by atoms with Gasteiger partial charge in [-0.05, 0) is 31.1 Å². The number of aromatic nitrogens is 2. The minimum absolute atomic E-state index is 0.259. The molecule has 1 aromatic heterocycles. The minimum atomic E-state index is -0.452. The highest BCUT2D eigenvalue weighted by Crippen LogP contribution is 2.41. The fraction of sp³-hybridized carbons (Fsp3) is 0.733. The summed E-state index contributed by atoms with van der Waals surface area (Å²) in [5.74, 6) is 0.887. The molecule has 0 aromatic carbocycles. The molecular weight excluding hydrogens is 254 g/mol. The number of carbonyl (C=O) groups excluding carboxylic acids is 1. The molecule has 1 aliphatic carbocycles. The lowest BCUT2D eigenvalue weighted by Gasteiger charge is -2.35. The smallest absolute Gasteiger partial charge is 0.360 e. The van der Waals surface area contributed by atoms with Gasteiger partial charge in [0, 0.05) is 12.5 Å². The van der Waals surface area contributed by atoms with Gasteiger partial charge in [-0.1, -0.05) is 20.8 Å². The summed E-state index contributed by atoms with van der Waals surface area (Å²) in [5.41, 5.74) is 6.82. The van der Waals surface area contributed by atoms with Gasteiger partial charge in [-0.2, -0.15) is 0 Å². The minimum Gasteiger partial charge on any atom is -0.464 e. The number of aryl methyl sites for hydroxylation is 1. The molecule has 0 spiro atoms. The lowest BCUT2D eigenvalue weighted by Crippen LogP contribution is -2.25. The number of hydrogen-bond acceptors (Lipinski definition) is 4. The van der Waals surface area contributed by atoms with E-state index in [2.05, 4.69) is 23.4 Å². The third-order valence-electron chi connectivity index (χ3n) is 4.39. The molecule has 5 heteroatoms. The number of methoxy groups -OCH3 is 1. The molecule has 1 aliphatic rings. The first-order valence-corrected chi connectivity index (χ1v) is 7.34. The predicted molar refractivity (Wildman–Crippen MR) is 78.6 cm³/mol. The van der Waals surface area contributed by atoms with E-state index in [-0.39, 0.29) is 5.69 Å². The molecule has 0 radical (unpaired) electrons. The maximum absolute atomic E-state index is 11.7. The zero-order valence-electron chi connectivity index (χ0n) is 12.9. The van der Waals surface area contributed by atoms with Crippen molar-refractivity contribution in [3.05, 3.63) is 11.5 Å². The molecular formula is C15H25N3O2. The molecule has 0 bridgehead atoms. The zero-order valence-corrected chi connectivity index (χ0v) is 12.9. The van der Waals surface area contributed by atoms with E-state index in [0.717, 1.165) is 25.1 Å². The van der Waals surface area contributed by atoms with E-state index < -0.39 is 5.97 Å². The zero-order chi connectivity index (χ0) is 14.9. The molecule has 20 heavy (non-hydrogen) atoms. The van der Waals surface area contributed by atoms with Crippen LogP contribution in [0.15, 0.2) is 0 Å². The van der Waals surface area contributed by atoms with Crippen LogP contribution in [-0.2, 0) is 11.2 Å². The number of anilines is 1. The van der Waals surface area contributed by atoms with Crippen molar-refractivity contribution >= 4 is 11.8 Å². The Bertz CT molecular complexity index is 495. The van der Waals surface area contributed by atoms with Crippen molar-refractivity contribution in [1.82, 2.24) is 9.55 Å². The van der Waals surface area contributed by atoms with E-state index in [4.69, 9.17) is 10.5 Å². The highest BCUT2D eigenvalue weighted by atomic mass is 16.5. The van der Waals surface area contributed by atoms with Gasteiger partial charge in [-0.25, -0.2) is 9.78 Å². The van der Waals surface area contributed by atoms with E-state index >= 15 is 0 Å². The summed E-state index contributed by atoms with van der Waals surface area (Å²) < 4.78 is 6.81. The van der Waals surface area contributed by atoms with Gasteiger partial charge in [0.1, 0.15) is 11.6 Å². The van der Waals surface area contributed by atoms with E-state index in [1.807, 2.05) is 6.92 Å². The van der Waals surface area contributed by atoms with Crippen molar-refractivity contribution in [2.45, 2.75) is 58.9 Å². The van der Waals surface area contributed by atoms with Crippen LogP contribution in [0.1, 0.15) is 68.8 Å². The molecule has 0 atom stereocenters. The van der Waals surface area contributed by atoms with E-state index in [9.17, 15) is 4.79 Å². The Balaban J connectivity index is 2.32. The Hall–Kier alpha value is -1.52. The molecule has 2 rings (SSSR count). The van der Waals surface area contributed by atoms with Gasteiger partial charge in [0.15, 0.2) is 5.69 Å². The Labute approximate surface area is 120 Å². The maximum atomic E-state index is 11.7. The van der Waals surface area contributed by atoms with Crippen LogP contribution in [0.5, 0.6) is 0 Å². The number of nitrogen functional groups attached to an aromatic ring is 1. The van der Waals surface area contributed by atoms with Crippen LogP contribution >= 0.6 is 0 Å². The molecule has 0 unspecified atom stereocenters. The number of rotatable bonds is 3. The Morgan fingerprint density at radius 3 is 2.55 bits per heavy atom. The summed E-state index contributed by atoms with van der Waals surface area (Å²) in [4.78, 5) is 16.1. The number of esters is 1. The fourth-order valence-corrected chi connectivity index (χ4v) is 3.04. The van der Waals surface area contributed by atoms with Crippen molar-refractivity contribution in [1.29, 1.82) is 0 Å². The summed E-state index contributed by atoms with van der Waals surface area (Å²) >= 11 is 0. The molecule has 1 heterocycles. The van der Waals surface area contributed by atoms with E-state index in [1.54, 1.807) is 0 Å². The van der Waals surface area contributed by atoms with Gasteiger partial charge in [0.05, 0.1) is 7.11 Å². The average Bonchev–Trinajstić information content (AvgIpc) is 2.75. The lowest BCUT2D eigenvalue weighted by molar-refractivity contribution is 0.0595.